The van der Waals surface area contributed by atoms with Gasteiger partial charge in [0.15, 0.2) is 0 Å². The second kappa shape index (κ2) is 5.30. The molecule has 88 valence electrons. The van der Waals surface area contributed by atoms with Crippen LogP contribution in [0.4, 0.5) is 0 Å². The fourth-order valence-electron chi connectivity index (χ4n) is 1.28. The van der Waals surface area contributed by atoms with Crippen molar-refractivity contribution in [3.8, 4) is 0 Å². The van der Waals surface area contributed by atoms with Crippen LogP contribution in [0.2, 0.25) is 0 Å². The molecule has 0 radical (unpaired) electrons. The molecule has 1 heterocycles. The standard InChI is InChI=1S/C10H19NO3S/c1-4-10(2,3)13-14-11-7-5-6-8(11)9(12)15/h8H,4-7H2,1-3H3,(H,12,15)/t8-/m0/s1. The van der Waals surface area contributed by atoms with E-state index in [2.05, 4.69) is 12.6 Å². The second-order valence-electron chi connectivity index (χ2n) is 4.41. The van der Waals surface area contributed by atoms with Crippen LogP contribution in [-0.2, 0) is 14.7 Å². The van der Waals surface area contributed by atoms with Gasteiger partial charge in [-0.3, -0.25) is 4.79 Å². The number of carbonyl (C=O) groups is 1. The summed E-state index contributed by atoms with van der Waals surface area (Å²) in [6.45, 7) is 6.63. The number of carbonyl (C=O) groups excluding carboxylic acids is 1. The van der Waals surface area contributed by atoms with Crippen molar-refractivity contribution < 1.29 is 14.7 Å². The van der Waals surface area contributed by atoms with Gasteiger partial charge in [-0.15, -0.1) is 22.7 Å². The zero-order valence-electron chi connectivity index (χ0n) is 9.52. The summed E-state index contributed by atoms with van der Waals surface area (Å²) < 4.78 is 0. The first-order chi connectivity index (χ1) is 6.96. The highest BCUT2D eigenvalue weighted by molar-refractivity contribution is 7.96. The Bertz CT molecular complexity index is 233. The molecule has 1 fully saturated rings. The maximum atomic E-state index is 11.1. The Hall–Kier alpha value is -0.100. The molecule has 0 bridgehead atoms. The fourth-order valence-corrected chi connectivity index (χ4v) is 1.54. The minimum atomic E-state index is -0.327. The predicted molar refractivity (Wildman–Crippen MR) is 60.3 cm³/mol. The Kier molecular flexibility index (Phi) is 4.58. The van der Waals surface area contributed by atoms with Gasteiger partial charge in [0.2, 0.25) is 5.12 Å². The van der Waals surface area contributed by atoms with Gasteiger partial charge in [-0.1, -0.05) is 6.92 Å². The first-order valence-electron chi connectivity index (χ1n) is 5.31. The van der Waals surface area contributed by atoms with E-state index in [1.54, 1.807) is 5.06 Å². The average molecular weight is 233 g/mol. The Morgan fingerprint density at radius 3 is 2.80 bits per heavy atom. The molecule has 1 atom stereocenters. The van der Waals surface area contributed by atoms with Crippen molar-refractivity contribution >= 4 is 17.7 Å². The maximum absolute atomic E-state index is 11.1. The van der Waals surface area contributed by atoms with E-state index >= 15 is 0 Å². The first-order valence-corrected chi connectivity index (χ1v) is 5.76. The molecule has 15 heavy (non-hydrogen) atoms. The zero-order valence-corrected chi connectivity index (χ0v) is 10.4. The minimum absolute atomic E-state index is 0.162. The van der Waals surface area contributed by atoms with Gasteiger partial charge in [0.1, 0.15) is 6.04 Å². The van der Waals surface area contributed by atoms with E-state index in [1.807, 2.05) is 20.8 Å². The molecule has 0 N–H and O–H groups in total. The monoisotopic (exact) mass is 233 g/mol. The van der Waals surface area contributed by atoms with E-state index < -0.39 is 0 Å². The number of thiol groups is 1. The Labute approximate surface area is 96.2 Å². The lowest BCUT2D eigenvalue weighted by molar-refractivity contribution is -0.464. The largest absolute Gasteiger partial charge is 0.286 e. The zero-order chi connectivity index (χ0) is 11.5. The Morgan fingerprint density at radius 1 is 1.60 bits per heavy atom. The van der Waals surface area contributed by atoms with Gasteiger partial charge in [0.25, 0.3) is 0 Å². The number of hydrogen-bond donors (Lipinski definition) is 1. The minimum Gasteiger partial charge on any atom is -0.286 e. The first kappa shape index (κ1) is 13.0. The van der Waals surface area contributed by atoms with Crippen LogP contribution < -0.4 is 0 Å². The van der Waals surface area contributed by atoms with Crippen LogP contribution in [0.25, 0.3) is 0 Å². The highest BCUT2D eigenvalue weighted by atomic mass is 32.1. The molecule has 5 heteroatoms. The molecule has 0 aliphatic carbocycles. The lowest BCUT2D eigenvalue weighted by Gasteiger charge is -2.26. The molecule has 0 saturated carbocycles. The predicted octanol–water partition coefficient (Wildman–Crippen LogP) is 1.96. The SMILES string of the molecule is CCC(C)(C)OON1CCC[C@H]1C(=O)S. The van der Waals surface area contributed by atoms with Crippen molar-refractivity contribution in [3.63, 3.8) is 0 Å². The molecule has 0 unspecified atom stereocenters. The Morgan fingerprint density at radius 2 is 2.27 bits per heavy atom. The third kappa shape index (κ3) is 3.75. The van der Waals surface area contributed by atoms with E-state index in [4.69, 9.17) is 9.88 Å². The van der Waals surface area contributed by atoms with Gasteiger partial charge in [-0.25, -0.2) is 4.89 Å². The van der Waals surface area contributed by atoms with E-state index in [-0.39, 0.29) is 16.8 Å². The summed E-state index contributed by atoms with van der Waals surface area (Å²) in [4.78, 5) is 21.6. The van der Waals surface area contributed by atoms with Crippen molar-refractivity contribution in [2.75, 3.05) is 6.54 Å². The average Bonchev–Trinajstić information content (AvgIpc) is 2.63. The highest BCUT2D eigenvalue weighted by Gasteiger charge is 2.32. The van der Waals surface area contributed by atoms with Crippen molar-refractivity contribution in [2.45, 2.75) is 51.7 Å². The van der Waals surface area contributed by atoms with Crippen LogP contribution in [0.15, 0.2) is 0 Å². The smallest absolute Gasteiger partial charge is 0.205 e. The highest BCUT2D eigenvalue weighted by Crippen LogP contribution is 2.22. The fraction of sp³-hybridized carbons (Fsp3) is 0.900. The molecule has 0 spiro atoms. The molecule has 4 nitrogen and oxygen atoms in total. The molecule has 1 aliphatic heterocycles. The van der Waals surface area contributed by atoms with Crippen LogP contribution in [0, 0.1) is 0 Å². The second-order valence-corrected chi connectivity index (χ2v) is 4.85. The molecular weight excluding hydrogens is 214 g/mol. The molecule has 1 rings (SSSR count). The summed E-state index contributed by atoms with van der Waals surface area (Å²) in [5.41, 5.74) is -0.327. The summed E-state index contributed by atoms with van der Waals surface area (Å²) in [7, 11) is 0. The van der Waals surface area contributed by atoms with Crippen LogP contribution >= 0.6 is 12.6 Å². The maximum Gasteiger partial charge on any atom is 0.205 e. The Balaban J connectivity index is 2.41. The summed E-state index contributed by atoms with van der Waals surface area (Å²) >= 11 is 3.82. The lowest BCUT2D eigenvalue weighted by atomic mass is 10.1. The molecule has 1 aliphatic rings. The normalized spacial score (nSPS) is 23.3. The van der Waals surface area contributed by atoms with E-state index in [0.717, 1.165) is 25.8 Å². The quantitative estimate of drug-likeness (QED) is 0.447. The molecule has 1 saturated heterocycles. The lowest BCUT2D eigenvalue weighted by Crippen LogP contribution is -2.37. The summed E-state index contributed by atoms with van der Waals surface area (Å²) in [6.07, 6.45) is 2.57. The van der Waals surface area contributed by atoms with Crippen molar-refractivity contribution in [3.05, 3.63) is 0 Å². The number of hydroxylamine groups is 2. The molecule has 0 aromatic carbocycles. The molecule has 0 amide bonds. The van der Waals surface area contributed by atoms with Gasteiger partial charge in [0, 0.05) is 6.54 Å². The van der Waals surface area contributed by atoms with Crippen LogP contribution in [0.3, 0.4) is 0 Å². The van der Waals surface area contributed by atoms with E-state index in [1.165, 1.54) is 0 Å². The van der Waals surface area contributed by atoms with Gasteiger partial charge < -0.3 is 0 Å². The van der Waals surface area contributed by atoms with Crippen LogP contribution in [0.1, 0.15) is 40.0 Å². The summed E-state index contributed by atoms with van der Waals surface area (Å²) in [5.74, 6) is 0. The summed E-state index contributed by atoms with van der Waals surface area (Å²) in [6, 6.07) is -0.263. The topological polar surface area (TPSA) is 38.8 Å². The van der Waals surface area contributed by atoms with Crippen molar-refractivity contribution in [1.29, 1.82) is 0 Å². The summed E-state index contributed by atoms with van der Waals surface area (Å²) in [5, 5.41) is 1.41. The molecular formula is C10H19NO3S. The van der Waals surface area contributed by atoms with Crippen molar-refractivity contribution in [1.82, 2.24) is 5.06 Å². The van der Waals surface area contributed by atoms with Gasteiger partial charge in [-0.2, -0.15) is 0 Å². The van der Waals surface area contributed by atoms with Gasteiger partial charge in [-0.05, 0) is 33.1 Å². The third-order valence-electron chi connectivity index (χ3n) is 2.70. The molecule has 0 aromatic heterocycles. The van der Waals surface area contributed by atoms with E-state index in [0.29, 0.717) is 0 Å². The number of rotatable bonds is 5. The van der Waals surface area contributed by atoms with Gasteiger partial charge >= 0.3 is 0 Å². The van der Waals surface area contributed by atoms with E-state index in [9.17, 15) is 4.79 Å². The number of hydrogen-bond acceptors (Lipinski definition) is 4. The number of nitrogens with zero attached hydrogens (tertiary/aromatic N) is 1. The molecule has 0 aromatic rings. The van der Waals surface area contributed by atoms with Gasteiger partial charge in [0.05, 0.1) is 5.60 Å². The third-order valence-corrected chi connectivity index (χ3v) is 3.00. The van der Waals surface area contributed by atoms with Crippen molar-refractivity contribution in [2.24, 2.45) is 0 Å². The van der Waals surface area contributed by atoms with Crippen LogP contribution in [0.5, 0.6) is 0 Å². The van der Waals surface area contributed by atoms with Crippen LogP contribution in [-0.4, -0.2) is 28.4 Å².